The Bertz CT molecular complexity index is 965. The maximum absolute atomic E-state index is 13.0. The lowest BCUT2D eigenvalue weighted by Gasteiger charge is -2.24. The van der Waals surface area contributed by atoms with Crippen LogP contribution in [0.1, 0.15) is 23.6 Å². The monoisotopic (exact) mass is 424 g/mol. The van der Waals surface area contributed by atoms with Crippen molar-refractivity contribution < 1.29 is 29.0 Å². The average molecular weight is 424 g/mol. The first-order chi connectivity index (χ1) is 14.9. The Hall–Kier alpha value is -3.39. The minimum atomic E-state index is -1.14. The second-order valence-corrected chi connectivity index (χ2v) is 7.84. The molecule has 2 aliphatic rings. The van der Waals surface area contributed by atoms with E-state index < -0.39 is 30.3 Å². The van der Waals surface area contributed by atoms with Crippen molar-refractivity contribution in [3.63, 3.8) is 0 Å². The summed E-state index contributed by atoms with van der Waals surface area (Å²) in [5.74, 6) is -0.682. The van der Waals surface area contributed by atoms with Crippen molar-refractivity contribution in [2.45, 2.75) is 44.7 Å². The largest absolute Gasteiger partial charge is 0.508 e. The number of phenols is 1. The summed E-state index contributed by atoms with van der Waals surface area (Å²) in [6, 6.07) is 13.3. The Kier molecular flexibility index (Phi) is 5.90. The minimum Gasteiger partial charge on any atom is -0.508 e. The number of carbonyl (C=O) groups is 3. The van der Waals surface area contributed by atoms with Gasteiger partial charge in [0.15, 0.2) is 11.9 Å². The quantitative estimate of drug-likeness (QED) is 0.760. The highest BCUT2D eigenvalue weighted by Crippen LogP contribution is 2.23. The number of rotatable bonds is 5. The molecule has 2 aliphatic heterocycles. The number of nitrogens with zero attached hydrogens (tertiary/aromatic N) is 1. The van der Waals surface area contributed by atoms with Crippen LogP contribution in [-0.2, 0) is 38.6 Å². The summed E-state index contributed by atoms with van der Waals surface area (Å²) in [7, 11) is 0. The van der Waals surface area contributed by atoms with Gasteiger partial charge < -0.3 is 19.9 Å². The number of hydrogen-bond acceptors (Lipinski definition) is 6. The van der Waals surface area contributed by atoms with Crippen LogP contribution in [0.3, 0.4) is 0 Å². The van der Waals surface area contributed by atoms with Crippen LogP contribution in [0.15, 0.2) is 48.5 Å². The van der Waals surface area contributed by atoms with Crippen LogP contribution in [0.5, 0.6) is 5.75 Å². The summed E-state index contributed by atoms with van der Waals surface area (Å²) in [5.41, 5.74) is 2.79. The molecule has 31 heavy (non-hydrogen) atoms. The van der Waals surface area contributed by atoms with Gasteiger partial charge in [-0.15, -0.1) is 0 Å². The number of benzene rings is 2. The SMILES string of the molecule is CC1OCC(=O)C1NC(=O)C(Cc1ccc(O)cc1)OC(=O)N1Cc2ccccc2C1. The molecule has 0 aromatic heterocycles. The maximum atomic E-state index is 13.0. The molecule has 2 aromatic rings. The highest BCUT2D eigenvalue weighted by atomic mass is 16.6. The van der Waals surface area contributed by atoms with E-state index >= 15 is 0 Å². The zero-order valence-corrected chi connectivity index (χ0v) is 17.1. The van der Waals surface area contributed by atoms with E-state index in [4.69, 9.17) is 9.47 Å². The molecular formula is C23H24N2O6. The highest BCUT2D eigenvalue weighted by molar-refractivity contribution is 5.93. The van der Waals surface area contributed by atoms with Gasteiger partial charge in [-0.1, -0.05) is 36.4 Å². The molecule has 3 unspecified atom stereocenters. The smallest absolute Gasteiger partial charge is 0.411 e. The zero-order chi connectivity index (χ0) is 22.0. The molecule has 2 amide bonds. The van der Waals surface area contributed by atoms with E-state index in [2.05, 4.69) is 5.32 Å². The van der Waals surface area contributed by atoms with Crippen molar-refractivity contribution in [3.05, 3.63) is 65.2 Å². The van der Waals surface area contributed by atoms with Crippen molar-refractivity contribution in [2.75, 3.05) is 6.61 Å². The van der Waals surface area contributed by atoms with Crippen molar-refractivity contribution in [1.82, 2.24) is 10.2 Å². The number of carbonyl (C=O) groups excluding carboxylic acids is 3. The summed E-state index contributed by atoms with van der Waals surface area (Å²) >= 11 is 0. The van der Waals surface area contributed by atoms with E-state index in [1.165, 1.54) is 17.0 Å². The normalized spacial score (nSPS) is 20.9. The Morgan fingerprint density at radius 1 is 1.16 bits per heavy atom. The maximum Gasteiger partial charge on any atom is 0.411 e. The average Bonchev–Trinajstić information content (AvgIpc) is 3.33. The van der Waals surface area contributed by atoms with E-state index in [0.29, 0.717) is 18.7 Å². The molecule has 0 radical (unpaired) electrons. The number of amides is 2. The predicted octanol–water partition coefficient (Wildman–Crippen LogP) is 1.93. The van der Waals surface area contributed by atoms with Crippen molar-refractivity contribution >= 4 is 17.8 Å². The number of aromatic hydroxyl groups is 1. The van der Waals surface area contributed by atoms with Crippen LogP contribution in [-0.4, -0.2) is 52.6 Å². The van der Waals surface area contributed by atoms with E-state index in [1.807, 2.05) is 24.3 Å². The molecular weight excluding hydrogens is 400 g/mol. The predicted molar refractivity (Wildman–Crippen MR) is 110 cm³/mol. The van der Waals surface area contributed by atoms with Crippen LogP contribution < -0.4 is 5.32 Å². The first kappa shape index (κ1) is 20.9. The number of fused-ring (bicyclic) bond motifs is 1. The van der Waals surface area contributed by atoms with Gasteiger partial charge in [0.2, 0.25) is 0 Å². The summed E-state index contributed by atoms with van der Waals surface area (Å²) in [6.45, 7) is 2.47. The fourth-order valence-corrected chi connectivity index (χ4v) is 3.80. The third-order valence-corrected chi connectivity index (χ3v) is 5.59. The molecule has 8 nitrogen and oxygen atoms in total. The number of hydrogen-bond donors (Lipinski definition) is 2. The van der Waals surface area contributed by atoms with Gasteiger partial charge in [-0.3, -0.25) is 14.5 Å². The standard InChI is InChI=1S/C23H24N2O6/c1-14-21(19(27)13-30-14)24-22(28)20(10-15-6-8-18(26)9-7-15)31-23(29)25-11-16-4-2-3-5-17(16)12-25/h2-9,14,20-21,26H,10-13H2,1H3,(H,24,28). The third kappa shape index (κ3) is 4.69. The van der Waals surface area contributed by atoms with Crippen LogP contribution in [0.4, 0.5) is 4.79 Å². The summed E-state index contributed by atoms with van der Waals surface area (Å²) in [6.07, 6.45) is -2.08. The molecule has 2 N–H and O–H groups in total. The van der Waals surface area contributed by atoms with E-state index in [1.54, 1.807) is 19.1 Å². The van der Waals surface area contributed by atoms with Gasteiger partial charge in [-0.2, -0.15) is 0 Å². The number of Topliss-reactive ketones (excluding diaryl/α,β-unsaturated/α-hetero) is 1. The summed E-state index contributed by atoms with van der Waals surface area (Å²) < 4.78 is 10.9. The molecule has 0 bridgehead atoms. The lowest BCUT2D eigenvalue weighted by atomic mass is 10.1. The molecule has 1 saturated heterocycles. The molecule has 2 aromatic carbocycles. The molecule has 0 spiro atoms. The molecule has 0 saturated carbocycles. The summed E-state index contributed by atoms with van der Waals surface area (Å²) in [5, 5.41) is 12.2. The first-order valence-corrected chi connectivity index (χ1v) is 10.2. The van der Waals surface area contributed by atoms with Crippen LogP contribution in [0.25, 0.3) is 0 Å². The Labute approximate surface area is 179 Å². The fraction of sp³-hybridized carbons (Fsp3) is 0.348. The van der Waals surface area contributed by atoms with Crippen LogP contribution in [0, 0.1) is 0 Å². The van der Waals surface area contributed by atoms with Gasteiger partial charge in [0.05, 0.1) is 6.10 Å². The van der Waals surface area contributed by atoms with Crippen molar-refractivity contribution in [3.8, 4) is 5.75 Å². The Morgan fingerprint density at radius 2 is 1.81 bits per heavy atom. The summed E-state index contributed by atoms with van der Waals surface area (Å²) in [4.78, 5) is 39.3. The third-order valence-electron chi connectivity index (χ3n) is 5.59. The number of nitrogens with one attached hydrogen (secondary N) is 1. The second-order valence-electron chi connectivity index (χ2n) is 7.84. The molecule has 162 valence electrons. The van der Waals surface area contributed by atoms with Gasteiger partial charge in [-0.25, -0.2) is 4.79 Å². The molecule has 1 fully saturated rings. The molecule has 4 rings (SSSR count). The second kappa shape index (κ2) is 8.77. The lowest BCUT2D eigenvalue weighted by molar-refractivity contribution is -0.133. The fourth-order valence-electron chi connectivity index (χ4n) is 3.80. The van der Waals surface area contributed by atoms with Crippen LogP contribution >= 0.6 is 0 Å². The number of ketones is 1. The topological polar surface area (TPSA) is 105 Å². The molecule has 2 heterocycles. The van der Waals surface area contributed by atoms with Gasteiger partial charge in [-0.05, 0) is 35.7 Å². The highest BCUT2D eigenvalue weighted by Gasteiger charge is 2.37. The number of phenolic OH excluding ortho intramolecular Hbond substituents is 1. The van der Waals surface area contributed by atoms with Gasteiger partial charge in [0.1, 0.15) is 18.4 Å². The van der Waals surface area contributed by atoms with Crippen molar-refractivity contribution in [2.24, 2.45) is 0 Å². The van der Waals surface area contributed by atoms with Gasteiger partial charge in [0.25, 0.3) is 5.91 Å². The van der Waals surface area contributed by atoms with Crippen LogP contribution in [0.2, 0.25) is 0 Å². The number of ether oxygens (including phenoxy) is 2. The van der Waals surface area contributed by atoms with Crippen molar-refractivity contribution in [1.29, 1.82) is 0 Å². The first-order valence-electron chi connectivity index (χ1n) is 10.2. The zero-order valence-electron chi connectivity index (χ0n) is 17.1. The van der Waals surface area contributed by atoms with Gasteiger partial charge >= 0.3 is 6.09 Å². The Morgan fingerprint density at radius 3 is 2.39 bits per heavy atom. The van der Waals surface area contributed by atoms with E-state index in [9.17, 15) is 19.5 Å². The lowest BCUT2D eigenvalue weighted by Crippen LogP contribution is -2.50. The minimum absolute atomic E-state index is 0.0550. The van der Waals surface area contributed by atoms with Gasteiger partial charge in [0, 0.05) is 19.5 Å². The van der Waals surface area contributed by atoms with E-state index in [0.717, 1.165) is 11.1 Å². The Balaban J connectivity index is 1.47. The molecule has 3 atom stereocenters. The molecule has 8 heteroatoms. The molecule has 0 aliphatic carbocycles. The van der Waals surface area contributed by atoms with E-state index in [-0.39, 0.29) is 24.6 Å².